The molecule has 0 spiro atoms. The second kappa shape index (κ2) is 7.90. The minimum atomic E-state index is 0.249. The summed E-state index contributed by atoms with van der Waals surface area (Å²) in [6.45, 7) is 5.88. The first-order chi connectivity index (χ1) is 13.2. The molecule has 0 radical (unpaired) electrons. The quantitative estimate of drug-likeness (QED) is 0.709. The van der Waals surface area contributed by atoms with Gasteiger partial charge in [-0.25, -0.2) is 0 Å². The Morgan fingerprint density at radius 1 is 1.15 bits per heavy atom. The van der Waals surface area contributed by atoms with Gasteiger partial charge < -0.3 is 9.64 Å². The number of rotatable bonds is 4. The molecule has 2 aromatic carbocycles. The van der Waals surface area contributed by atoms with Gasteiger partial charge in [0.15, 0.2) is 0 Å². The number of piperidine rings is 1. The van der Waals surface area contributed by atoms with Crippen molar-refractivity contribution < 1.29 is 4.74 Å². The Bertz CT molecular complexity index is 797. The lowest BCUT2D eigenvalue weighted by Crippen LogP contribution is -2.51. The van der Waals surface area contributed by atoms with E-state index in [1.807, 2.05) is 0 Å². The Kier molecular flexibility index (Phi) is 5.36. The van der Waals surface area contributed by atoms with Crippen molar-refractivity contribution in [3.8, 4) is 5.75 Å². The average molecular weight is 362 g/mol. The highest BCUT2D eigenvalue weighted by molar-refractivity contribution is 5.54. The van der Waals surface area contributed by atoms with Crippen molar-refractivity contribution in [3.05, 3.63) is 71.3 Å². The molecular formula is C25H31NO. The van der Waals surface area contributed by atoms with Crippen molar-refractivity contribution in [1.82, 2.24) is 4.90 Å². The Labute approximate surface area is 163 Å². The molecule has 1 aliphatic carbocycles. The lowest BCUT2D eigenvalue weighted by atomic mass is 9.58. The average Bonchev–Trinajstić information content (AvgIpc) is 2.74. The third kappa shape index (κ3) is 3.68. The van der Waals surface area contributed by atoms with Gasteiger partial charge in [-0.1, -0.05) is 61.0 Å². The molecule has 4 rings (SSSR count). The van der Waals surface area contributed by atoms with E-state index in [1.165, 1.54) is 49.9 Å². The van der Waals surface area contributed by atoms with Crippen molar-refractivity contribution in [2.45, 2.75) is 38.0 Å². The maximum atomic E-state index is 5.56. The Balaban J connectivity index is 1.71. The zero-order chi connectivity index (χ0) is 18.7. The molecule has 2 unspecified atom stereocenters. The molecule has 0 aromatic heterocycles. The summed E-state index contributed by atoms with van der Waals surface area (Å²) in [6, 6.07) is 19.7. The molecule has 2 fully saturated rings. The van der Waals surface area contributed by atoms with E-state index in [-0.39, 0.29) is 5.41 Å². The molecule has 1 heterocycles. The predicted molar refractivity (Wildman–Crippen MR) is 113 cm³/mol. The Morgan fingerprint density at radius 3 is 2.78 bits per heavy atom. The largest absolute Gasteiger partial charge is 0.497 e. The summed E-state index contributed by atoms with van der Waals surface area (Å²) in [6.07, 6.45) is 7.36. The molecule has 2 aromatic rings. The van der Waals surface area contributed by atoms with Gasteiger partial charge in [-0.15, -0.1) is 0 Å². The fraction of sp³-hybridized carbons (Fsp3) is 0.440. The van der Waals surface area contributed by atoms with E-state index in [9.17, 15) is 0 Å². The van der Waals surface area contributed by atoms with Crippen LogP contribution in [0.1, 0.15) is 43.7 Å². The van der Waals surface area contributed by atoms with E-state index in [0.717, 1.165) is 18.2 Å². The van der Waals surface area contributed by atoms with Crippen LogP contribution in [0.2, 0.25) is 0 Å². The van der Waals surface area contributed by atoms with Crippen molar-refractivity contribution in [2.75, 3.05) is 26.7 Å². The molecule has 1 aliphatic heterocycles. The van der Waals surface area contributed by atoms with E-state index < -0.39 is 0 Å². The van der Waals surface area contributed by atoms with Crippen LogP contribution in [0, 0.1) is 5.92 Å². The number of nitrogens with zero attached hydrogens (tertiary/aromatic N) is 1. The lowest BCUT2D eigenvalue weighted by Gasteiger charge is -2.52. The second-order valence-electron chi connectivity index (χ2n) is 8.16. The van der Waals surface area contributed by atoms with Crippen molar-refractivity contribution in [2.24, 2.45) is 5.92 Å². The zero-order valence-corrected chi connectivity index (χ0v) is 16.7. The standard InChI is InChI=1S/C25H31NO/c1-3-26-15-14-25(22-10-7-11-24(17-22)27-2)18-21(12-13-23(25)19-26)16-20-8-5-4-6-9-20/h4-11,16-17,23H,3,12-15,18-19H2,1-2H3/b21-16+. The van der Waals surface area contributed by atoms with Gasteiger partial charge in [-0.05, 0) is 68.0 Å². The number of fused-ring (bicyclic) bond motifs is 1. The lowest BCUT2D eigenvalue weighted by molar-refractivity contribution is 0.0748. The predicted octanol–water partition coefficient (Wildman–Crippen LogP) is 5.54. The highest BCUT2D eigenvalue weighted by Crippen LogP contribution is 2.51. The first-order valence-corrected chi connectivity index (χ1v) is 10.3. The van der Waals surface area contributed by atoms with Crippen LogP contribution >= 0.6 is 0 Å². The van der Waals surface area contributed by atoms with E-state index in [4.69, 9.17) is 4.74 Å². The SMILES string of the molecule is CCN1CCC2(c3cccc(OC)c3)C/C(=C/c3ccccc3)CCC2C1. The van der Waals surface area contributed by atoms with Gasteiger partial charge in [-0.3, -0.25) is 0 Å². The Morgan fingerprint density at radius 2 is 2.00 bits per heavy atom. The highest BCUT2D eigenvalue weighted by Gasteiger charge is 2.46. The molecule has 2 aliphatic rings. The van der Waals surface area contributed by atoms with Crippen molar-refractivity contribution in [1.29, 1.82) is 0 Å². The maximum absolute atomic E-state index is 5.56. The molecule has 2 atom stereocenters. The summed E-state index contributed by atoms with van der Waals surface area (Å²) in [4.78, 5) is 2.63. The van der Waals surface area contributed by atoms with Crippen LogP contribution in [0.4, 0.5) is 0 Å². The van der Waals surface area contributed by atoms with Gasteiger partial charge in [-0.2, -0.15) is 0 Å². The van der Waals surface area contributed by atoms with E-state index in [1.54, 1.807) is 12.7 Å². The number of hydrogen-bond acceptors (Lipinski definition) is 2. The molecule has 0 bridgehead atoms. The molecule has 2 heteroatoms. The topological polar surface area (TPSA) is 12.5 Å². The van der Waals surface area contributed by atoms with Crippen LogP contribution < -0.4 is 4.74 Å². The van der Waals surface area contributed by atoms with Crippen molar-refractivity contribution >= 4 is 6.08 Å². The summed E-state index contributed by atoms with van der Waals surface area (Å²) < 4.78 is 5.56. The second-order valence-corrected chi connectivity index (χ2v) is 8.16. The molecule has 1 saturated heterocycles. The normalized spacial score (nSPS) is 27.3. The third-order valence-electron chi connectivity index (χ3n) is 6.75. The summed E-state index contributed by atoms with van der Waals surface area (Å²) in [7, 11) is 1.77. The number of allylic oxidation sites excluding steroid dienone is 1. The molecular weight excluding hydrogens is 330 g/mol. The van der Waals surface area contributed by atoms with Gasteiger partial charge >= 0.3 is 0 Å². The molecule has 0 amide bonds. The minimum absolute atomic E-state index is 0.249. The van der Waals surface area contributed by atoms with Gasteiger partial charge in [0.25, 0.3) is 0 Å². The molecule has 0 N–H and O–H groups in total. The molecule has 1 saturated carbocycles. The highest BCUT2D eigenvalue weighted by atomic mass is 16.5. The first kappa shape index (κ1) is 18.3. The summed E-state index contributed by atoms with van der Waals surface area (Å²) in [5, 5.41) is 0. The number of ether oxygens (including phenoxy) is 1. The maximum Gasteiger partial charge on any atom is 0.119 e. The fourth-order valence-corrected chi connectivity index (χ4v) is 5.20. The number of methoxy groups -OCH3 is 1. The van der Waals surface area contributed by atoms with Gasteiger partial charge in [0.05, 0.1) is 7.11 Å². The zero-order valence-electron chi connectivity index (χ0n) is 16.7. The minimum Gasteiger partial charge on any atom is -0.497 e. The third-order valence-corrected chi connectivity index (χ3v) is 6.75. The van der Waals surface area contributed by atoms with Crippen LogP contribution in [0.5, 0.6) is 5.75 Å². The van der Waals surface area contributed by atoms with Crippen molar-refractivity contribution in [3.63, 3.8) is 0 Å². The summed E-state index contributed by atoms with van der Waals surface area (Å²) in [5.74, 6) is 1.71. The number of hydrogen-bond donors (Lipinski definition) is 0. The van der Waals surface area contributed by atoms with E-state index in [0.29, 0.717) is 0 Å². The van der Waals surface area contributed by atoms with E-state index in [2.05, 4.69) is 72.5 Å². The molecule has 142 valence electrons. The fourth-order valence-electron chi connectivity index (χ4n) is 5.20. The van der Waals surface area contributed by atoms with Gasteiger partial charge in [0, 0.05) is 12.0 Å². The van der Waals surface area contributed by atoms with E-state index >= 15 is 0 Å². The van der Waals surface area contributed by atoms with Crippen LogP contribution in [-0.2, 0) is 5.41 Å². The summed E-state index contributed by atoms with van der Waals surface area (Å²) >= 11 is 0. The number of benzene rings is 2. The first-order valence-electron chi connectivity index (χ1n) is 10.3. The Hall–Kier alpha value is -2.06. The van der Waals surface area contributed by atoms with Crippen LogP contribution in [0.3, 0.4) is 0 Å². The smallest absolute Gasteiger partial charge is 0.119 e. The van der Waals surface area contributed by atoms with Crippen LogP contribution in [0.15, 0.2) is 60.2 Å². The van der Waals surface area contributed by atoms with Gasteiger partial charge in [0.2, 0.25) is 0 Å². The van der Waals surface area contributed by atoms with Crippen LogP contribution in [-0.4, -0.2) is 31.6 Å². The van der Waals surface area contributed by atoms with Crippen LogP contribution in [0.25, 0.3) is 6.08 Å². The number of likely N-dealkylation sites (tertiary alicyclic amines) is 1. The molecule has 2 nitrogen and oxygen atoms in total. The van der Waals surface area contributed by atoms with Gasteiger partial charge in [0.1, 0.15) is 5.75 Å². The summed E-state index contributed by atoms with van der Waals surface area (Å²) in [5.41, 5.74) is 4.66. The monoisotopic (exact) mass is 361 g/mol. The molecule has 27 heavy (non-hydrogen) atoms.